The van der Waals surface area contributed by atoms with E-state index in [1.807, 2.05) is 84.9 Å². The van der Waals surface area contributed by atoms with Crippen LogP contribution >= 0.6 is 23.2 Å². The van der Waals surface area contributed by atoms with Crippen LogP contribution in [-0.2, 0) is 9.59 Å². The van der Waals surface area contributed by atoms with E-state index in [0.717, 1.165) is 22.5 Å². The van der Waals surface area contributed by atoms with Crippen molar-refractivity contribution in [1.82, 2.24) is 19.9 Å². The maximum Gasteiger partial charge on any atom is 0.239 e. The Morgan fingerprint density at radius 2 is 1.78 bits per heavy atom. The molecule has 0 aliphatic carbocycles. The number of anilines is 2. The number of nitrogens with two attached hydrogens (primary N) is 1. The van der Waals surface area contributed by atoms with Gasteiger partial charge >= 0.3 is 0 Å². The van der Waals surface area contributed by atoms with Crippen molar-refractivity contribution < 1.29 is 9.59 Å². The number of nitrogens with one attached hydrogen (secondary N) is 1. The van der Waals surface area contributed by atoms with Crippen LogP contribution in [0.4, 0.5) is 11.6 Å². The van der Waals surface area contributed by atoms with Crippen LogP contribution in [0, 0.1) is 5.41 Å². The molecule has 0 spiro atoms. The van der Waals surface area contributed by atoms with Gasteiger partial charge in [-0.1, -0.05) is 60.5 Å². The van der Waals surface area contributed by atoms with E-state index < -0.39 is 5.41 Å². The smallest absolute Gasteiger partial charge is 0.239 e. The number of aromatic nitrogens is 3. The third kappa shape index (κ3) is 5.69. The lowest BCUT2D eigenvalue weighted by atomic mass is 9.80. The fraction of sp³-hybridized carbons (Fsp3) is 0.333. The number of amides is 2. The zero-order valence-corrected chi connectivity index (χ0v) is 24.8. The van der Waals surface area contributed by atoms with Crippen molar-refractivity contribution >= 4 is 52.3 Å². The second-order valence-corrected chi connectivity index (χ2v) is 11.5. The van der Waals surface area contributed by atoms with Gasteiger partial charge in [-0.25, -0.2) is 4.98 Å². The molecule has 9 nitrogen and oxygen atoms in total. The van der Waals surface area contributed by atoms with Gasteiger partial charge < -0.3 is 20.9 Å². The number of carbonyl (C=O) groups excluding carboxylic acids is 2. The van der Waals surface area contributed by atoms with Gasteiger partial charge in [0, 0.05) is 48.7 Å². The van der Waals surface area contributed by atoms with Crippen molar-refractivity contribution in [3.63, 3.8) is 0 Å². The van der Waals surface area contributed by atoms with Crippen LogP contribution in [0.25, 0.3) is 28.0 Å². The summed E-state index contributed by atoms with van der Waals surface area (Å²) in [5.41, 5.74) is 8.90. The second kappa shape index (κ2) is 11.6. The van der Waals surface area contributed by atoms with Crippen LogP contribution < -0.4 is 20.9 Å². The predicted molar refractivity (Wildman–Crippen MR) is 165 cm³/mol. The Morgan fingerprint density at radius 1 is 1.10 bits per heavy atom. The van der Waals surface area contributed by atoms with E-state index in [1.54, 1.807) is 0 Å². The summed E-state index contributed by atoms with van der Waals surface area (Å²) in [6.45, 7) is 5.70. The van der Waals surface area contributed by atoms with E-state index in [4.69, 9.17) is 39.0 Å². The maximum atomic E-state index is 12.5. The number of hydrogen-bond acceptors (Lipinski definition) is 6. The minimum absolute atomic E-state index is 0.100. The molecule has 0 atom stereocenters. The standard InChI is InChI=1S/C30H33Cl2N7O2/c1-4-34-24(40)18-37(3)23-17-25(38-15-13-30(2,14-16-38)29(33)41)39-28(35-23)26(19-9-11-20(31)12-10-19)27(36-39)21-7-5-6-8-22(21)32/h5-12,17H,4,13-16,18H2,1-3H3,(H2,33,41)(H,34,40). The number of nitrogens with zero attached hydrogens (tertiary/aromatic N) is 5. The molecule has 41 heavy (non-hydrogen) atoms. The average Bonchev–Trinajstić information content (AvgIpc) is 3.33. The van der Waals surface area contributed by atoms with E-state index in [2.05, 4.69) is 10.2 Å². The average molecular weight is 595 g/mol. The lowest BCUT2D eigenvalue weighted by Gasteiger charge is -2.38. The molecule has 0 saturated carbocycles. The SMILES string of the molecule is CCNC(=O)CN(C)c1cc(N2CCC(C)(C(N)=O)CC2)n2nc(-c3ccccc3Cl)c(-c3ccc(Cl)cc3)c2n1. The molecule has 4 aromatic rings. The van der Waals surface area contributed by atoms with Crippen LogP contribution in [-0.4, -0.2) is 59.6 Å². The summed E-state index contributed by atoms with van der Waals surface area (Å²) in [6.07, 6.45) is 1.22. The van der Waals surface area contributed by atoms with Gasteiger partial charge in [0.15, 0.2) is 5.65 Å². The number of carbonyl (C=O) groups is 2. The first-order valence-electron chi connectivity index (χ1n) is 13.6. The highest BCUT2D eigenvalue weighted by molar-refractivity contribution is 6.33. The normalized spacial score (nSPS) is 14.7. The minimum Gasteiger partial charge on any atom is -0.369 e. The summed E-state index contributed by atoms with van der Waals surface area (Å²) in [5, 5.41) is 9.12. The molecule has 2 aromatic carbocycles. The van der Waals surface area contributed by atoms with Crippen molar-refractivity contribution in [2.75, 3.05) is 43.0 Å². The molecule has 0 bridgehead atoms. The molecule has 1 saturated heterocycles. The summed E-state index contributed by atoms with van der Waals surface area (Å²) in [5.74, 6) is 1.02. The number of fused-ring (bicyclic) bond motifs is 1. The largest absolute Gasteiger partial charge is 0.369 e. The van der Waals surface area contributed by atoms with Gasteiger partial charge in [0.2, 0.25) is 11.8 Å². The summed E-state index contributed by atoms with van der Waals surface area (Å²) >= 11 is 12.9. The summed E-state index contributed by atoms with van der Waals surface area (Å²) in [7, 11) is 1.84. The van der Waals surface area contributed by atoms with Gasteiger partial charge in [-0.2, -0.15) is 9.61 Å². The lowest BCUT2D eigenvalue weighted by molar-refractivity contribution is -0.127. The molecular weight excluding hydrogens is 561 g/mol. The van der Waals surface area contributed by atoms with Crippen LogP contribution in [0.15, 0.2) is 54.6 Å². The maximum absolute atomic E-state index is 12.5. The molecule has 3 N–H and O–H groups in total. The Hall–Kier alpha value is -3.82. The molecule has 11 heteroatoms. The first-order chi connectivity index (χ1) is 19.6. The van der Waals surface area contributed by atoms with E-state index in [0.29, 0.717) is 59.7 Å². The van der Waals surface area contributed by atoms with E-state index in [1.165, 1.54) is 0 Å². The Bertz CT molecular complexity index is 1590. The van der Waals surface area contributed by atoms with Crippen molar-refractivity contribution in [2.45, 2.75) is 26.7 Å². The lowest BCUT2D eigenvalue weighted by Crippen LogP contribution is -2.46. The number of piperidine rings is 1. The predicted octanol–water partition coefficient (Wildman–Crippen LogP) is 5.03. The van der Waals surface area contributed by atoms with Crippen molar-refractivity contribution in [2.24, 2.45) is 11.1 Å². The number of halogens is 2. The Morgan fingerprint density at radius 3 is 2.41 bits per heavy atom. The number of likely N-dealkylation sites (N-methyl/N-ethyl adjacent to an activating group) is 2. The molecule has 1 fully saturated rings. The van der Waals surface area contributed by atoms with Gasteiger partial charge in [-0.3, -0.25) is 9.59 Å². The topological polar surface area (TPSA) is 109 Å². The van der Waals surface area contributed by atoms with Crippen molar-refractivity contribution in [1.29, 1.82) is 0 Å². The van der Waals surface area contributed by atoms with Crippen LogP contribution in [0.1, 0.15) is 26.7 Å². The van der Waals surface area contributed by atoms with Crippen LogP contribution in [0.2, 0.25) is 10.0 Å². The first kappa shape index (κ1) is 28.7. The summed E-state index contributed by atoms with van der Waals surface area (Å²) < 4.78 is 1.83. The Kier molecular flexibility index (Phi) is 8.11. The fourth-order valence-electron chi connectivity index (χ4n) is 5.16. The van der Waals surface area contributed by atoms with Crippen molar-refractivity contribution in [3.8, 4) is 22.4 Å². The van der Waals surface area contributed by atoms with Crippen LogP contribution in [0.3, 0.4) is 0 Å². The van der Waals surface area contributed by atoms with Gasteiger partial charge in [0.25, 0.3) is 0 Å². The van der Waals surface area contributed by atoms with Gasteiger partial charge in [0.1, 0.15) is 17.3 Å². The molecule has 214 valence electrons. The zero-order valence-electron chi connectivity index (χ0n) is 23.3. The van der Waals surface area contributed by atoms with E-state index in [-0.39, 0.29) is 18.4 Å². The number of primary amides is 1. The fourth-order valence-corrected chi connectivity index (χ4v) is 5.51. The number of hydrogen-bond donors (Lipinski definition) is 2. The highest BCUT2D eigenvalue weighted by Crippen LogP contribution is 2.41. The Balaban J connectivity index is 1.74. The van der Waals surface area contributed by atoms with E-state index in [9.17, 15) is 9.59 Å². The molecule has 2 aromatic heterocycles. The second-order valence-electron chi connectivity index (χ2n) is 10.6. The zero-order chi connectivity index (χ0) is 29.3. The molecule has 1 aliphatic heterocycles. The molecule has 3 heterocycles. The Labute approximate surface area is 249 Å². The third-order valence-electron chi connectivity index (χ3n) is 7.75. The molecule has 0 radical (unpaired) electrons. The third-order valence-corrected chi connectivity index (χ3v) is 8.33. The van der Waals surface area contributed by atoms with Gasteiger partial charge in [0.05, 0.1) is 17.1 Å². The summed E-state index contributed by atoms with van der Waals surface area (Å²) in [6, 6.07) is 17.0. The van der Waals surface area contributed by atoms with E-state index >= 15 is 0 Å². The van der Waals surface area contributed by atoms with Gasteiger partial charge in [-0.15, -0.1) is 0 Å². The minimum atomic E-state index is -0.568. The molecule has 5 rings (SSSR count). The number of benzene rings is 2. The number of rotatable bonds is 8. The molecule has 1 aliphatic rings. The molecule has 0 unspecified atom stereocenters. The highest BCUT2D eigenvalue weighted by Gasteiger charge is 2.36. The molecule has 2 amide bonds. The quantitative estimate of drug-likeness (QED) is 0.296. The first-order valence-corrected chi connectivity index (χ1v) is 14.3. The van der Waals surface area contributed by atoms with Crippen LogP contribution in [0.5, 0.6) is 0 Å². The molecular formula is C30H33Cl2N7O2. The van der Waals surface area contributed by atoms with Gasteiger partial charge in [-0.05, 0) is 43.5 Å². The summed E-state index contributed by atoms with van der Waals surface area (Å²) in [4.78, 5) is 33.7. The van der Waals surface area contributed by atoms with Crippen molar-refractivity contribution in [3.05, 3.63) is 64.6 Å². The highest BCUT2D eigenvalue weighted by atomic mass is 35.5. The monoisotopic (exact) mass is 593 g/mol.